The lowest BCUT2D eigenvalue weighted by atomic mass is 10.1. The summed E-state index contributed by atoms with van der Waals surface area (Å²) in [4.78, 5) is 25.8. The summed E-state index contributed by atoms with van der Waals surface area (Å²) >= 11 is 0. The van der Waals surface area contributed by atoms with Gasteiger partial charge in [-0.1, -0.05) is 18.2 Å². The summed E-state index contributed by atoms with van der Waals surface area (Å²) in [6.07, 6.45) is 0.182. The van der Waals surface area contributed by atoms with Crippen LogP contribution in [0.1, 0.15) is 5.56 Å². The normalized spacial score (nSPS) is 10.6. The Balaban J connectivity index is 1.76. The third-order valence-corrected chi connectivity index (χ3v) is 3.23. The third kappa shape index (κ3) is 2.85. The van der Waals surface area contributed by atoms with Crippen LogP contribution in [0.25, 0.3) is 11.1 Å². The molecule has 0 aliphatic carbocycles. The molecular formula is C16H14N2O4. The highest BCUT2D eigenvalue weighted by Gasteiger charge is 2.09. The van der Waals surface area contributed by atoms with E-state index in [0.29, 0.717) is 22.5 Å². The highest BCUT2D eigenvalue weighted by molar-refractivity contribution is 5.94. The number of aromatic nitrogens is 1. The summed E-state index contributed by atoms with van der Waals surface area (Å²) in [5, 5.41) is 2.80. The number of nitrogens with one attached hydrogen (secondary N) is 2. The summed E-state index contributed by atoms with van der Waals surface area (Å²) in [6.45, 7) is 0. The summed E-state index contributed by atoms with van der Waals surface area (Å²) in [5.74, 6) is -0.0780. The largest absolute Gasteiger partial charge is 0.495 e. The smallest absolute Gasteiger partial charge is 0.417 e. The number of carbonyl (C=O) groups is 1. The molecule has 112 valence electrons. The number of para-hydroxylation sites is 2. The number of amides is 1. The zero-order chi connectivity index (χ0) is 15.5. The maximum atomic E-state index is 12.1. The zero-order valence-electron chi connectivity index (χ0n) is 11.9. The van der Waals surface area contributed by atoms with Gasteiger partial charge in [-0.25, -0.2) is 4.79 Å². The molecule has 0 spiro atoms. The Hall–Kier alpha value is -3.02. The van der Waals surface area contributed by atoms with Crippen LogP contribution < -0.4 is 15.8 Å². The molecule has 0 unspecified atom stereocenters. The third-order valence-electron chi connectivity index (χ3n) is 3.23. The van der Waals surface area contributed by atoms with Gasteiger partial charge in [-0.2, -0.15) is 0 Å². The first-order valence-corrected chi connectivity index (χ1v) is 6.70. The number of oxazole rings is 1. The SMILES string of the molecule is COc1ccccc1NC(=O)Cc1ccc2oc(=O)[nH]c2c1. The first kappa shape index (κ1) is 13.9. The average molecular weight is 298 g/mol. The molecule has 0 fully saturated rings. The molecule has 22 heavy (non-hydrogen) atoms. The molecule has 1 heterocycles. The number of methoxy groups -OCH3 is 1. The van der Waals surface area contributed by atoms with Crippen molar-refractivity contribution in [3.8, 4) is 5.75 Å². The van der Waals surface area contributed by atoms with Crippen LogP contribution in [0.2, 0.25) is 0 Å². The van der Waals surface area contributed by atoms with Gasteiger partial charge in [0.2, 0.25) is 5.91 Å². The van der Waals surface area contributed by atoms with E-state index < -0.39 is 5.76 Å². The minimum absolute atomic E-state index is 0.172. The van der Waals surface area contributed by atoms with Crippen LogP contribution in [0.15, 0.2) is 51.7 Å². The van der Waals surface area contributed by atoms with Crippen molar-refractivity contribution in [1.29, 1.82) is 0 Å². The molecule has 1 aromatic heterocycles. The molecule has 6 nitrogen and oxygen atoms in total. The van der Waals surface area contributed by atoms with Gasteiger partial charge in [0.15, 0.2) is 5.58 Å². The fourth-order valence-corrected chi connectivity index (χ4v) is 2.24. The number of hydrogen-bond donors (Lipinski definition) is 2. The van der Waals surface area contributed by atoms with E-state index >= 15 is 0 Å². The number of aromatic amines is 1. The van der Waals surface area contributed by atoms with Crippen molar-refractivity contribution in [1.82, 2.24) is 4.98 Å². The fraction of sp³-hybridized carbons (Fsp3) is 0.125. The van der Waals surface area contributed by atoms with E-state index in [1.54, 1.807) is 37.4 Å². The topological polar surface area (TPSA) is 84.3 Å². The maximum absolute atomic E-state index is 12.1. The van der Waals surface area contributed by atoms with Crippen LogP contribution in [0.4, 0.5) is 5.69 Å². The Kier molecular flexibility index (Phi) is 3.65. The highest BCUT2D eigenvalue weighted by Crippen LogP contribution is 2.23. The lowest BCUT2D eigenvalue weighted by Crippen LogP contribution is -2.14. The lowest BCUT2D eigenvalue weighted by molar-refractivity contribution is -0.115. The molecule has 1 amide bonds. The van der Waals surface area contributed by atoms with Gasteiger partial charge in [0, 0.05) is 0 Å². The quantitative estimate of drug-likeness (QED) is 0.774. The van der Waals surface area contributed by atoms with Gasteiger partial charge < -0.3 is 14.5 Å². The summed E-state index contributed by atoms with van der Waals surface area (Å²) in [6, 6.07) is 12.3. The van der Waals surface area contributed by atoms with Gasteiger partial charge in [0.1, 0.15) is 5.75 Å². The number of hydrogen-bond acceptors (Lipinski definition) is 4. The Morgan fingerprint density at radius 3 is 2.91 bits per heavy atom. The van der Waals surface area contributed by atoms with Crippen LogP contribution >= 0.6 is 0 Å². The molecule has 0 atom stereocenters. The Labute approximate surface area is 125 Å². The van der Waals surface area contributed by atoms with Crippen molar-refractivity contribution >= 4 is 22.7 Å². The molecule has 0 aliphatic rings. The summed E-state index contributed by atoms with van der Waals surface area (Å²) in [5.41, 5.74) is 2.44. The molecule has 2 aromatic carbocycles. The van der Waals surface area contributed by atoms with Crippen LogP contribution in [0, 0.1) is 0 Å². The van der Waals surface area contributed by atoms with Gasteiger partial charge >= 0.3 is 5.76 Å². The van der Waals surface area contributed by atoms with E-state index in [9.17, 15) is 9.59 Å². The van der Waals surface area contributed by atoms with Crippen LogP contribution in [0.3, 0.4) is 0 Å². The molecule has 0 bridgehead atoms. The second kappa shape index (κ2) is 5.77. The van der Waals surface area contributed by atoms with Crippen molar-refractivity contribution in [2.45, 2.75) is 6.42 Å². The molecule has 3 aromatic rings. The van der Waals surface area contributed by atoms with E-state index in [-0.39, 0.29) is 12.3 Å². The van der Waals surface area contributed by atoms with Crippen LogP contribution in [-0.2, 0) is 11.2 Å². The van der Waals surface area contributed by atoms with E-state index in [1.807, 2.05) is 12.1 Å². The van der Waals surface area contributed by atoms with E-state index in [1.165, 1.54) is 0 Å². The highest BCUT2D eigenvalue weighted by atomic mass is 16.5. The molecular weight excluding hydrogens is 284 g/mol. The molecule has 0 aliphatic heterocycles. The lowest BCUT2D eigenvalue weighted by Gasteiger charge is -2.09. The van der Waals surface area contributed by atoms with Gasteiger partial charge in [0.25, 0.3) is 0 Å². The van der Waals surface area contributed by atoms with Crippen molar-refractivity contribution in [2.75, 3.05) is 12.4 Å². The van der Waals surface area contributed by atoms with Gasteiger partial charge in [-0.05, 0) is 29.8 Å². The van der Waals surface area contributed by atoms with Crippen LogP contribution in [0.5, 0.6) is 5.75 Å². The van der Waals surface area contributed by atoms with Gasteiger partial charge in [-0.15, -0.1) is 0 Å². The second-order valence-corrected chi connectivity index (χ2v) is 4.77. The van der Waals surface area contributed by atoms with Crippen molar-refractivity contribution in [2.24, 2.45) is 0 Å². The van der Waals surface area contributed by atoms with Gasteiger partial charge in [-0.3, -0.25) is 9.78 Å². The van der Waals surface area contributed by atoms with E-state index in [2.05, 4.69) is 10.3 Å². The first-order valence-electron chi connectivity index (χ1n) is 6.70. The second-order valence-electron chi connectivity index (χ2n) is 4.77. The van der Waals surface area contributed by atoms with Crippen molar-refractivity contribution in [3.05, 3.63) is 58.6 Å². The predicted molar refractivity (Wildman–Crippen MR) is 82.2 cm³/mol. The Morgan fingerprint density at radius 1 is 1.27 bits per heavy atom. The number of rotatable bonds is 4. The molecule has 0 saturated carbocycles. The Bertz CT molecular complexity index is 879. The fourth-order valence-electron chi connectivity index (χ4n) is 2.24. The number of benzene rings is 2. The van der Waals surface area contributed by atoms with Crippen molar-refractivity contribution < 1.29 is 13.9 Å². The van der Waals surface area contributed by atoms with E-state index in [4.69, 9.17) is 9.15 Å². The number of H-pyrrole nitrogens is 1. The summed E-state index contributed by atoms with van der Waals surface area (Å²) in [7, 11) is 1.55. The van der Waals surface area contributed by atoms with Crippen molar-refractivity contribution in [3.63, 3.8) is 0 Å². The molecule has 3 rings (SSSR count). The number of anilines is 1. The number of carbonyl (C=O) groups excluding carboxylic acids is 1. The molecule has 6 heteroatoms. The maximum Gasteiger partial charge on any atom is 0.417 e. The number of fused-ring (bicyclic) bond motifs is 1. The monoisotopic (exact) mass is 298 g/mol. The first-order chi connectivity index (χ1) is 10.7. The minimum atomic E-state index is -0.509. The zero-order valence-corrected chi connectivity index (χ0v) is 11.9. The average Bonchev–Trinajstić information content (AvgIpc) is 2.87. The summed E-state index contributed by atoms with van der Waals surface area (Å²) < 4.78 is 10.1. The van der Waals surface area contributed by atoms with Crippen LogP contribution in [-0.4, -0.2) is 18.0 Å². The number of ether oxygens (including phenoxy) is 1. The molecule has 0 radical (unpaired) electrons. The molecule has 0 saturated heterocycles. The standard InChI is InChI=1S/C16H14N2O4/c1-21-13-5-3-2-4-11(13)17-15(19)9-10-6-7-14-12(8-10)18-16(20)22-14/h2-8H,9H2,1H3,(H,17,19)(H,18,20). The van der Waals surface area contributed by atoms with E-state index in [0.717, 1.165) is 5.56 Å². The Morgan fingerprint density at radius 2 is 2.09 bits per heavy atom. The predicted octanol–water partition coefficient (Wildman–Crippen LogP) is 2.31. The molecule has 2 N–H and O–H groups in total. The minimum Gasteiger partial charge on any atom is -0.495 e. The van der Waals surface area contributed by atoms with Gasteiger partial charge in [0.05, 0.1) is 24.7 Å².